The number of aromatic nitrogens is 1. The Bertz CT molecular complexity index is 345. The van der Waals surface area contributed by atoms with E-state index in [2.05, 4.69) is 4.98 Å². The lowest BCUT2D eigenvalue weighted by molar-refractivity contribution is 0.0552. The molecular weight excluding hydrogens is 192 g/mol. The Labute approximate surface area is 89.5 Å². The molecule has 0 saturated heterocycles. The van der Waals surface area contributed by atoms with E-state index in [0.29, 0.717) is 24.5 Å². The number of rotatable bonds is 5. The van der Waals surface area contributed by atoms with E-state index >= 15 is 0 Å². The molecule has 0 spiro atoms. The summed E-state index contributed by atoms with van der Waals surface area (Å²) in [7, 11) is 0. The highest BCUT2D eigenvalue weighted by Crippen LogP contribution is 2.14. The molecule has 1 heterocycles. The highest BCUT2D eigenvalue weighted by atomic mass is 16.5. The van der Waals surface area contributed by atoms with Gasteiger partial charge in [0.15, 0.2) is 0 Å². The molecule has 0 aliphatic heterocycles. The standard InChI is InChI=1S/C11H14N2O2/c1-9(2)14-5-6-15-11-3-4-13-8-10(11)7-12/h3-4,8-9H,5-6H2,1-2H3. The molecule has 80 valence electrons. The van der Waals surface area contributed by atoms with Gasteiger partial charge in [0.25, 0.3) is 0 Å². The van der Waals surface area contributed by atoms with Crippen LogP contribution in [0.15, 0.2) is 18.5 Å². The van der Waals surface area contributed by atoms with Crippen LogP contribution in [0, 0.1) is 11.3 Å². The highest BCUT2D eigenvalue weighted by molar-refractivity contribution is 5.39. The van der Waals surface area contributed by atoms with E-state index in [1.165, 1.54) is 6.20 Å². The van der Waals surface area contributed by atoms with E-state index in [4.69, 9.17) is 14.7 Å². The maximum atomic E-state index is 8.76. The number of nitrogens with zero attached hydrogens (tertiary/aromatic N) is 2. The summed E-state index contributed by atoms with van der Waals surface area (Å²) in [5.41, 5.74) is 0.446. The lowest BCUT2D eigenvalue weighted by Crippen LogP contribution is -2.11. The van der Waals surface area contributed by atoms with Gasteiger partial charge in [0, 0.05) is 12.4 Å². The number of ether oxygens (including phenoxy) is 2. The van der Waals surface area contributed by atoms with Crippen molar-refractivity contribution in [3.8, 4) is 11.8 Å². The van der Waals surface area contributed by atoms with Crippen LogP contribution in [0.5, 0.6) is 5.75 Å². The Morgan fingerprint density at radius 2 is 2.27 bits per heavy atom. The summed E-state index contributed by atoms with van der Waals surface area (Å²) in [5.74, 6) is 0.555. The number of hydrogen-bond donors (Lipinski definition) is 0. The van der Waals surface area contributed by atoms with Gasteiger partial charge in [0.05, 0.1) is 12.7 Å². The van der Waals surface area contributed by atoms with E-state index in [1.807, 2.05) is 19.9 Å². The number of pyridine rings is 1. The minimum atomic E-state index is 0.196. The first kappa shape index (κ1) is 11.5. The molecule has 4 nitrogen and oxygen atoms in total. The summed E-state index contributed by atoms with van der Waals surface area (Å²) in [4.78, 5) is 3.84. The summed E-state index contributed by atoms with van der Waals surface area (Å²) in [5, 5.41) is 8.76. The van der Waals surface area contributed by atoms with Crippen molar-refractivity contribution in [1.82, 2.24) is 4.98 Å². The molecule has 0 amide bonds. The van der Waals surface area contributed by atoms with E-state index < -0.39 is 0 Å². The van der Waals surface area contributed by atoms with E-state index in [1.54, 1.807) is 12.3 Å². The minimum absolute atomic E-state index is 0.196. The van der Waals surface area contributed by atoms with Gasteiger partial charge in [-0.05, 0) is 19.9 Å². The molecule has 0 saturated carbocycles. The molecule has 1 rings (SSSR count). The van der Waals surface area contributed by atoms with Crippen LogP contribution in [0.3, 0.4) is 0 Å². The monoisotopic (exact) mass is 206 g/mol. The van der Waals surface area contributed by atoms with Gasteiger partial charge in [-0.1, -0.05) is 0 Å². The zero-order valence-electron chi connectivity index (χ0n) is 8.93. The van der Waals surface area contributed by atoms with Gasteiger partial charge in [0.1, 0.15) is 24.0 Å². The molecule has 0 aliphatic rings. The Hall–Kier alpha value is -1.60. The van der Waals surface area contributed by atoms with Crippen LogP contribution in [0.25, 0.3) is 0 Å². The van der Waals surface area contributed by atoms with Crippen molar-refractivity contribution in [2.45, 2.75) is 20.0 Å². The average molecular weight is 206 g/mol. The molecule has 0 bridgehead atoms. The molecule has 0 atom stereocenters. The summed E-state index contributed by atoms with van der Waals surface area (Å²) in [6.45, 7) is 4.89. The second kappa shape index (κ2) is 5.99. The topological polar surface area (TPSA) is 55.1 Å². The fourth-order valence-electron chi connectivity index (χ4n) is 1.03. The molecule has 1 aromatic rings. The van der Waals surface area contributed by atoms with Crippen LogP contribution in [0.4, 0.5) is 0 Å². The molecule has 15 heavy (non-hydrogen) atoms. The molecule has 0 unspecified atom stereocenters. The van der Waals surface area contributed by atoms with Crippen LogP contribution in [-0.2, 0) is 4.74 Å². The van der Waals surface area contributed by atoms with Gasteiger partial charge in [-0.2, -0.15) is 5.26 Å². The van der Waals surface area contributed by atoms with Gasteiger partial charge in [-0.25, -0.2) is 0 Å². The van der Waals surface area contributed by atoms with Gasteiger partial charge in [0.2, 0.25) is 0 Å². The first-order chi connectivity index (χ1) is 7.24. The van der Waals surface area contributed by atoms with Crippen molar-refractivity contribution in [2.24, 2.45) is 0 Å². The first-order valence-corrected chi connectivity index (χ1v) is 4.82. The summed E-state index contributed by atoms with van der Waals surface area (Å²) < 4.78 is 10.7. The van der Waals surface area contributed by atoms with Crippen LogP contribution < -0.4 is 4.74 Å². The van der Waals surface area contributed by atoms with Crippen molar-refractivity contribution in [1.29, 1.82) is 5.26 Å². The predicted octanol–water partition coefficient (Wildman–Crippen LogP) is 1.76. The van der Waals surface area contributed by atoms with E-state index in [0.717, 1.165) is 0 Å². The Kier molecular flexibility index (Phi) is 4.58. The van der Waals surface area contributed by atoms with E-state index in [-0.39, 0.29) is 6.10 Å². The van der Waals surface area contributed by atoms with Crippen molar-refractivity contribution in [3.63, 3.8) is 0 Å². The van der Waals surface area contributed by atoms with Crippen LogP contribution in [-0.4, -0.2) is 24.3 Å². The van der Waals surface area contributed by atoms with E-state index in [9.17, 15) is 0 Å². The molecule has 0 radical (unpaired) electrons. The highest BCUT2D eigenvalue weighted by Gasteiger charge is 2.02. The van der Waals surface area contributed by atoms with Crippen LogP contribution >= 0.6 is 0 Å². The maximum absolute atomic E-state index is 8.76. The summed E-state index contributed by atoms with van der Waals surface area (Å²) in [6, 6.07) is 3.69. The average Bonchev–Trinajstić information content (AvgIpc) is 2.24. The van der Waals surface area contributed by atoms with Gasteiger partial charge in [-0.3, -0.25) is 4.98 Å². The summed E-state index contributed by atoms with van der Waals surface area (Å²) >= 11 is 0. The Morgan fingerprint density at radius 1 is 1.47 bits per heavy atom. The largest absolute Gasteiger partial charge is 0.490 e. The molecule has 1 aromatic heterocycles. The molecule has 0 N–H and O–H groups in total. The van der Waals surface area contributed by atoms with Crippen LogP contribution in [0.1, 0.15) is 19.4 Å². The number of hydrogen-bond acceptors (Lipinski definition) is 4. The van der Waals surface area contributed by atoms with Crippen LogP contribution in [0.2, 0.25) is 0 Å². The third-order valence-corrected chi connectivity index (χ3v) is 1.69. The quantitative estimate of drug-likeness (QED) is 0.689. The Morgan fingerprint density at radius 3 is 2.93 bits per heavy atom. The first-order valence-electron chi connectivity index (χ1n) is 4.82. The zero-order chi connectivity index (χ0) is 11.1. The zero-order valence-corrected chi connectivity index (χ0v) is 8.93. The second-order valence-electron chi connectivity index (χ2n) is 3.25. The van der Waals surface area contributed by atoms with Crippen molar-refractivity contribution in [3.05, 3.63) is 24.0 Å². The smallest absolute Gasteiger partial charge is 0.140 e. The molecule has 4 heteroatoms. The third kappa shape index (κ3) is 3.96. The lowest BCUT2D eigenvalue weighted by atomic mass is 10.3. The normalized spacial score (nSPS) is 10.0. The molecular formula is C11H14N2O2. The maximum Gasteiger partial charge on any atom is 0.140 e. The predicted molar refractivity (Wildman–Crippen MR) is 55.5 cm³/mol. The lowest BCUT2D eigenvalue weighted by Gasteiger charge is -2.09. The fourth-order valence-corrected chi connectivity index (χ4v) is 1.03. The van der Waals surface area contributed by atoms with Crippen molar-refractivity contribution < 1.29 is 9.47 Å². The summed E-state index contributed by atoms with van der Waals surface area (Å²) in [6.07, 6.45) is 3.28. The second-order valence-corrected chi connectivity index (χ2v) is 3.25. The number of nitriles is 1. The molecule has 0 aliphatic carbocycles. The van der Waals surface area contributed by atoms with Crippen molar-refractivity contribution >= 4 is 0 Å². The Balaban J connectivity index is 2.41. The minimum Gasteiger partial charge on any atom is -0.490 e. The molecule has 0 aromatic carbocycles. The molecule has 0 fully saturated rings. The SMILES string of the molecule is CC(C)OCCOc1ccncc1C#N. The van der Waals surface area contributed by atoms with Gasteiger partial charge >= 0.3 is 0 Å². The van der Waals surface area contributed by atoms with Crippen molar-refractivity contribution in [2.75, 3.05) is 13.2 Å². The van der Waals surface area contributed by atoms with Gasteiger partial charge < -0.3 is 9.47 Å². The van der Waals surface area contributed by atoms with Gasteiger partial charge in [-0.15, -0.1) is 0 Å². The fraction of sp³-hybridized carbons (Fsp3) is 0.455. The third-order valence-electron chi connectivity index (χ3n) is 1.69.